The van der Waals surface area contributed by atoms with Crippen LogP contribution in [0.3, 0.4) is 0 Å². The molecule has 0 bridgehead atoms. The summed E-state index contributed by atoms with van der Waals surface area (Å²) in [6, 6.07) is 1.60. The van der Waals surface area contributed by atoms with Crippen LogP contribution in [0, 0.1) is 23.4 Å². The Morgan fingerprint density at radius 2 is 1.88 bits per heavy atom. The van der Waals surface area contributed by atoms with Gasteiger partial charge in [0.15, 0.2) is 23.6 Å². The number of anilines is 1. The lowest BCUT2D eigenvalue weighted by Crippen LogP contribution is -2.30. The second kappa shape index (κ2) is 8.17. The lowest BCUT2D eigenvalue weighted by atomic mass is 10.0. The van der Waals surface area contributed by atoms with E-state index in [1.54, 1.807) is 0 Å². The molecule has 132 valence electrons. The van der Waals surface area contributed by atoms with Gasteiger partial charge in [0.05, 0.1) is 5.69 Å². The fourth-order valence-corrected chi connectivity index (χ4v) is 2.79. The first-order valence-corrected chi connectivity index (χ1v) is 8.02. The Hall–Kier alpha value is -2.05. The number of ether oxygens (including phenoxy) is 1. The number of esters is 1. The molecule has 2 rings (SSSR count). The zero-order chi connectivity index (χ0) is 17.7. The van der Waals surface area contributed by atoms with Crippen LogP contribution >= 0.6 is 0 Å². The van der Waals surface area contributed by atoms with Crippen molar-refractivity contribution in [1.29, 1.82) is 0 Å². The number of nitrogens with one attached hydrogen (secondary N) is 1. The Kier molecular flexibility index (Phi) is 6.23. The fraction of sp³-hybridized carbons (Fsp3) is 0.529. The molecule has 0 spiro atoms. The molecule has 24 heavy (non-hydrogen) atoms. The third-order valence-corrected chi connectivity index (χ3v) is 4.20. The number of amides is 1. The Labute approximate surface area is 138 Å². The zero-order valence-corrected chi connectivity index (χ0v) is 13.4. The van der Waals surface area contributed by atoms with E-state index in [1.165, 1.54) is 19.8 Å². The molecule has 0 radical (unpaired) electrons. The molecule has 1 aromatic rings. The van der Waals surface area contributed by atoms with E-state index in [9.17, 15) is 22.8 Å². The summed E-state index contributed by atoms with van der Waals surface area (Å²) in [6.07, 6.45) is 4.37. The standard InChI is InChI=1S/C17H20F3NO3/c1-10(24-14(22)9-6-11-4-2-3-5-11)17(23)21-13-8-7-12(18)15(19)16(13)20/h7-8,10-11H,2-6,9H2,1H3,(H,21,23)/t10-/m0/s1. The molecule has 1 atom stereocenters. The lowest BCUT2D eigenvalue weighted by Gasteiger charge is -2.15. The average molecular weight is 343 g/mol. The van der Waals surface area contributed by atoms with Crippen molar-refractivity contribution in [3.05, 3.63) is 29.6 Å². The Morgan fingerprint density at radius 3 is 2.54 bits per heavy atom. The number of carbonyl (C=O) groups excluding carboxylic acids is 2. The minimum Gasteiger partial charge on any atom is -0.453 e. The number of rotatable bonds is 6. The van der Waals surface area contributed by atoms with Gasteiger partial charge in [0.1, 0.15) is 0 Å². The third kappa shape index (κ3) is 4.72. The van der Waals surface area contributed by atoms with Gasteiger partial charge < -0.3 is 10.1 Å². The fourth-order valence-electron chi connectivity index (χ4n) is 2.79. The maximum absolute atomic E-state index is 13.5. The normalized spacial score (nSPS) is 16.0. The van der Waals surface area contributed by atoms with Gasteiger partial charge in [0, 0.05) is 6.42 Å². The Bertz CT molecular complexity index is 615. The number of hydrogen-bond donors (Lipinski definition) is 1. The van der Waals surface area contributed by atoms with Crippen LogP contribution in [0.25, 0.3) is 0 Å². The average Bonchev–Trinajstić information content (AvgIpc) is 3.07. The molecule has 1 aromatic carbocycles. The lowest BCUT2D eigenvalue weighted by molar-refractivity contribution is -0.153. The van der Waals surface area contributed by atoms with Crippen LogP contribution in [-0.2, 0) is 14.3 Å². The maximum Gasteiger partial charge on any atom is 0.306 e. The first kappa shape index (κ1) is 18.3. The van der Waals surface area contributed by atoms with E-state index in [1.807, 2.05) is 0 Å². The van der Waals surface area contributed by atoms with Crippen LogP contribution in [0.1, 0.15) is 45.4 Å². The summed E-state index contributed by atoms with van der Waals surface area (Å²) < 4.78 is 44.5. The first-order chi connectivity index (χ1) is 11.4. The van der Waals surface area contributed by atoms with Crippen molar-refractivity contribution >= 4 is 17.6 Å². The summed E-state index contributed by atoms with van der Waals surface area (Å²) in [6.45, 7) is 1.33. The van der Waals surface area contributed by atoms with E-state index in [0.717, 1.165) is 25.3 Å². The van der Waals surface area contributed by atoms with E-state index >= 15 is 0 Å². The molecule has 1 saturated carbocycles. The van der Waals surface area contributed by atoms with Crippen molar-refractivity contribution < 1.29 is 27.5 Å². The summed E-state index contributed by atoms with van der Waals surface area (Å²) in [5, 5.41) is 2.08. The molecular weight excluding hydrogens is 323 g/mol. The van der Waals surface area contributed by atoms with Gasteiger partial charge in [-0.3, -0.25) is 9.59 Å². The number of hydrogen-bond acceptors (Lipinski definition) is 3. The third-order valence-electron chi connectivity index (χ3n) is 4.20. The van der Waals surface area contributed by atoms with E-state index in [0.29, 0.717) is 12.0 Å². The van der Waals surface area contributed by atoms with Crippen LogP contribution in [0.15, 0.2) is 12.1 Å². The maximum atomic E-state index is 13.5. The molecule has 1 fully saturated rings. The van der Waals surface area contributed by atoms with Gasteiger partial charge in [-0.25, -0.2) is 13.2 Å². The van der Waals surface area contributed by atoms with Gasteiger partial charge >= 0.3 is 5.97 Å². The van der Waals surface area contributed by atoms with Crippen LogP contribution in [0.4, 0.5) is 18.9 Å². The van der Waals surface area contributed by atoms with Gasteiger partial charge in [-0.2, -0.15) is 0 Å². The van der Waals surface area contributed by atoms with Crippen LogP contribution in [0.2, 0.25) is 0 Å². The smallest absolute Gasteiger partial charge is 0.306 e. The van der Waals surface area contributed by atoms with Gasteiger partial charge in [0.2, 0.25) is 0 Å². The van der Waals surface area contributed by atoms with E-state index in [2.05, 4.69) is 5.32 Å². The number of benzene rings is 1. The molecule has 1 amide bonds. The van der Waals surface area contributed by atoms with Crippen molar-refractivity contribution in [3.63, 3.8) is 0 Å². The van der Waals surface area contributed by atoms with Crippen molar-refractivity contribution in [2.24, 2.45) is 5.92 Å². The van der Waals surface area contributed by atoms with Gasteiger partial charge in [-0.1, -0.05) is 25.7 Å². The molecule has 1 aliphatic carbocycles. The van der Waals surface area contributed by atoms with E-state index in [-0.39, 0.29) is 6.42 Å². The summed E-state index contributed by atoms with van der Waals surface area (Å²) in [4.78, 5) is 23.6. The molecule has 7 heteroatoms. The summed E-state index contributed by atoms with van der Waals surface area (Å²) >= 11 is 0. The topological polar surface area (TPSA) is 55.4 Å². The van der Waals surface area contributed by atoms with Crippen molar-refractivity contribution in [3.8, 4) is 0 Å². The molecule has 1 aliphatic rings. The van der Waals surface area contributed by atoms with Gasteiger partial charge in [-0.05, 0) is 31.4 Å². The minimum atomic E-state index is -1.67. The molecule has 4 nitrogen and oxygen atoms in total. The van der Waals surface area contributed by atoms with Crippen molar-refractivity contribution in [2.45, 2.75) is 51.6 Å². The Morgan fingerprint density at radius 1 is 1.21 bits per heavy atom. The van der Waals surface area contributed by atoms with Crippen molar-refractivity contribution in [2.75, 3.05) is 5.32 Å². The zero-order valence-electron chi connectivity index (χ0n) is 13.4. The SMILES string of the molecule is C[C@H](OC(=O)CCC1CCCC1)C(=O)Nc1ccc(F)c(F)c1F. The highest BCUT2D eigenvalue weighted by Crippen LogP contribution is 2.28. The van der Waals surface area contributed by atoms with Crippen LogP contribution in [0.5, 0.6) is 0 Å². The minimum absolute atomic E-state index is 0.224. The largest absolute Gasteiger partial charge is 0.453 e. The van der Waals surface area contributed by atoms with Gasteiger partial charge in [-0.15, -0.1) is 0 Å². The quantitative estimate of drug-likeness (QED) is 0.629. The van der Waals surface area contributed by atoms with Crippen LogP contribution < -0.4 is 5.32 Å². The number of carbonyl (C=O) groups is 2. The predicted octanol–water partition coefficient (Wildman–Crippen LogP) is 3.94. The first-order valence-electron chi connectivity index (χ1n) is 8.02. The highest BCUT2D eigenvalue weighted by atomic mass is 19.2. The number of halogens is 3. The molecule has 0 aliphatic heterocycles. The molecule has 1 N–H and O–H groups in total. The molecule has 0 aromatic heterocycles. The highest BCUT2D eigenvalue weighted by molar-refractivity contribution is 5.95. The summed E-state index contributed by atoms with van der Waals surface area (Å²) in [5.41, 5.74) is -0.507. The second-order valence-corrected chi connectivity index (χ2v) is 6.03. The molecule has 0 saturated heterocycles. The summed E-state index contributed by atoms with van der Waals surface area (Å²) in [7, 11) is 0. The van der Waals surface area contributed by atoms with Gasteiger partial charge in [0.25, 0.3) is 5.91 Å². The summed E-state index contributed by atoms with van der Waals surface area (Å²) in [5.74, 6) is -5.31. The van der Waals surface area contributed by atoms with Crippen molar-refractivity contribution in [1.82, 2.24) is 0 Å². The van der Waals surface area contributed by atoms with Crippen LogP contribution in [-0.4, -0.2) is 18.0 Å². The van der Waals surface area contributed by atoms with E-state index in [4.69, 9.17) is 4.74 Å². The Balaban J connectivity index is 1.83. The second-order valence-electron chi connectivity index (χ2n) is 6.03. The molecule has 0 heterocycles. The predicted molar refractivity (Wildman–Crippen MR) is 81.7 cm³/mol. The highest BCUT2D eigenvalue weighted by Gasteiger charge is 2.22. The molecule has 0 unspecified atom stereocenters. The van der Waals surface area contributed by atoms with E-state index < -0.39 is 41.1 Å². The monoisotopic (exact) mass is 343 g/mol. The molecular formula is C17H20F3NO3.